The van der Waals surface area contributed by atoms with Crippen LogP contribution < -0.4 is 11.0 Å². The third-order valence-corrected chi connectivity index (χ3v) is 9.99. The molecular formula is C44H61N5O9S. The second-order valence-electron chi connectivity index (χ2n) is 16.5. The fourth-order valence-electron chi connectivity index (χ4n) is 6.06. The molecule has 2 heterocycles. The van der Waals surface area contributed by atoms with Crippen LogP contribution in [0.2, 0.25) is 0 Å². The van der Waals surface area contributed by atoms with Crippen molar-refractivity contribution in [1.82, 2.24) is 19.4 Å². The predicted octanol–water partition coefficient (Wildman–Crippen LogP) is 8.31. The summed E-state index contributed by atoms with van der Waals surface area (Å²) < 4.78 is 24.0. The van der Waals surface area contributed by atoms with Crippen molar-refractivity contribution in [2.75, 3.05) is 30.8 Å². The number of benzene rings is 2. The molecule has 2 atom stereocenters. The molecule has 3 amide bonds. The lowest BCUT2D eigenvalue weighted by Gasteiger charge is -2.27. The summed E-state index contributed by atoms with van der Waals surface area (Å²) in [4.78, 5) is 71.1. The lowest BCUT2D eigenvalue weighted by molar-refractivity contribution is -0.147. The minimum atomic E-state index is -0.607. The van der Waals surface area contributed by atoms with Crippen molar-refractivity contribution in [1.29, 1.82) is 0 Å². The molecule has 1 fully saturated rings. The summed E-state index contributed by atoms with van der Waals surface area (Å²) in [7, 11) is 0. The van der Waals surface area contributed by atoms with Gasteiger partial charge in [-0.25, -0.2) is 14.4 Å². The van der Waals surface area contributed by atoms with E-state index in [0.29, 0.717) is 57.6 Å². The second kappa shape index (κ2) is 23.0. The summed E-state index contributed by atoms with van der Waals surface area (Å²) in [6, 6.07) is 21.0. The monoisotopic (exact) mass is 835 g/mol. The van der Waals surface area contributed by atoms with E-state index in [1.54, 1.807) is 15.9 Å². The van der Waals surface area contributed by atoms with Gasteiger partial charge in [0.05, 0.1) is 0 Å². The van der Waals surface area contributed by atoms with Crippen molar-refractivity contribution in [3.05, 3.63) is 94.5 Å². The smallest absolute Gasteiger partial charge is 0.410 e. The maximum atomic E-state index is 12.9. The molecule has 1 N–H and O–H groups in total. The van der Waals surface area contributed by atoms with Crippen LogP contribution in [-0.4, -0.2) is 85.5 Å². The van der Waals surface area contributed by atoms with Crippen molar-refractivity contribution in [3.8, 4) is 0 Å². The Balaban J connectivity index is 1.12. The van der Waals surface area contributed by atoms with Crippen molar-refractivity contribution < 1.29 is 38.1 Å². The first-order chi connectivity index (χ1) is 28.0. The summed E-state index contributed by atoms with van der Waals surface area (Å²) in [5, 5.41) is 2.70. The van der Waals surface area contributed by atoms with E-state index in [4.69, 9.17) is 18.9 Å². The van der Waals surface area contributed by atoms with E-state index < -0.39 is 28.6 Å². The number of thioether (sulfide) groups is 1. The third kappa shape index (κ3) is 17.9. The number of unbranched alkanes of at least 4 members (excludes halogenated alkanes) is 4. The molecule has 0 saturated carbocycles. The molecule has 0 radical (unpaired) electrons. The molecule has 1 aliphatic rings. The molecule has 3 aromatic rings. The summed E-state index contributed by atoms with van der Waals surface area (Å²) in [5.74, 6) is 0.0164. The highest BCUT2D eigenvalue weighted by Gasteiger charge is 2.29. The van der Waals surface area contributed by atoms with E-state index in [1.807, 2.05) is 102 Å². The topological polar surface area (TPSA) is 159 Å². The molecule has 2 aromatic carbocycles. The van der Waals surface area contributed by atoms with Gasteiger partial charge in [-0.2, -0.15) is 4.98 Å². The Bertz CT molecular complexity index is 1850. The number of esters is 1. The van der Waals surface area contributed by atoms with Gasteiger partial charge in [-0.15, -0.1) is 11.8 Å². The first-order valence-corrected chi connectivity index (χ1v) is 21.4. The molecule has 0 aliphatic carbocycles. The molecule has 4 rings (SSSR count). The van der Waals surface area contributed by atoms with Crippen LogP contribution in [0.4, 0.5) is 15.4 Å². The van der Waals surface area contributed by atoms with E-state index in [1.165, 1.54) is 22.5 Å². The maximum absolute atomic E-state index is 12.9. The highest BCUT2D eigenvalue weighted by Crippen LogP contribution is 2.31. The zero-order valence-electron chi connectivity index (χ0n) is 35.4. The normalized spacial score (nSPS) is 15.3. The largest absolute Gasteiger partial charge is 0.462 e. The molecule has 14 nitrogen and oxygen atoms in total. The van der Waals surface area contributed by atoms with E-state index in [-0.39, 0.29) is 49.3 Å². The highest BCUT2D eigenvalue weighted by molar-refractivity contribution is 8.00. The number of nitrogens with one attached hydrogen (secondary N) is 1. The number of aromatic nitrogens is 2. The fraction of sp³-hybridized carbons (Fsp3) is 0.545. The molecule has 322 valence electrons. The van der Waals surface area contributed by atoms with Crippen molar-refractivity contribution in [3.63, 3.8) is 0 Å². The number of ether oxygens (including phenoxy) is 4. The molecule has 1 saturated heterocycles. The van der Waals surface area contributed by atoms with Crippen LogP contribution in [0.5, 0.6) is 0 Å². The SMILES string of the molecule is CC(C)(C)OC(=O)N(CCCCCC(=O)Nc1ccn([C@H]2CS[C@@H](COC(=O)CCCCCN(Cc3ccccc3)C(=O)OC(C)(C)C)O2)c(=O)n1)Cc1ccccc1. The van der Waals surface area contributed by atoms with Gasteiger partial charge in [0.25, 0.3) is 0 Å². The lowest BCUT2D eigenvalue weighted by Crippen LogP contribution is -2.37. The van der Waals surface area contributed by atoms with Gasteiger partial charge in [-0.05, 0) is 84.4 Å². The van der Waals surface area contributed by atoms with Gasteiger partial charge in [0, 0.05) is 51.0 Å². The zero-order chi connectivity index (χ0) is 42.8. The average molecular weight is 836 g/mol. The Hall–Kier alpha value is -4.89. The van der Waals surface area contributed by atoms with E-state index in [9.17, 15) is 24.0 Å². The van der Waals surface area contributed by atoms with Gasteiger partial charge in [-0.3, -0.25) is 14.2 Å². The van der Waals surface area contributed by atoms with Crippen LogP contribution >= 0.6 is 11.8 Å². The van der Waals surface area contributed by atoms with Crippen LogP contribution in [-0.2, 0) is 41.6 Å². The van der Waals surface area contributed by atoms with Gasteiger partial charge in [0.15, 0.2) is 0 Å². The van der Waals surface area contributed by atoms with Gasteiger partial charge < -0.3 is 34.1 Å². The van der Waals surface area contributed by atoms with Crippen molar-refractivity contribution in [2.24, 2.45) is 0 Å². The fourth-order valence-corrected chi connectivity index (χ4v) is 7.05. The molecule has 59 heavy (non-hydrogen) atoms. The Morgan fingerprint density at radius 1 is 0.763 bits per heavy atom. The third-order valence-electron chi connectivity index (χ3n) is 8.90. The number of hydrogen-bond donors (Lipinski definition) is 1. The van der Waals surface area contributed by atoms with Gasteiger partial charge in [0.1, 0.15) is 35.3 Å². The summed E-state index contributed by atoms with van der Waals surface area (Å²) in [6.07, 6.45) is 4.74. The van der Waals surface area contributed by atoms with Crippen LogP contribution in [0.25, 0.3) is 0 Å². The van der Waals surface area contributed by atoms with E-state index in [0.717, 1.165) is 24.0 Å². The van der Waals surface area contributed by atoms with Gasteiger partial charge >= 0.3 is 23.8 Å². The van der Waals surface area contributed by atoms with Crippen LogP contribution in [0.3, 0.4) is 0 Å². The molecule has 1 aromatic heterocycles. The molecule has 1 aliphatic heterocycles. The average Bonchev–Trinajstić information content (AvgIpc) is 3.64. The minimum absolute atomic E-state index is 0.0475. The number of carbonyl (C=O) groups is 4. The van der Waals surface area contributed by atoms with E-state index in [2.05, 4.69) is 10.3 Å². The molecule has 0 unspecified atom stereocenters. The summed E-state index contributed by atoms with van der Waals surface area (Å²) >= 11 is 1.44. The van der Waals surface area contributed by atoms with Crippen LogP contribution in [0.1, 0.15) is 110 Å². The number of rotatable bonds is 20. The lowest BCUT2D eigenvalue weighted by atomic mass is 10.1. The maximum Gasteiger partial charge on any atom is 0.410 e. The first kappa shape index (κ1) is 46.8. The minimum Gasteiger partial charge on any atom is -0.462 e. The molecule has 0 spiro atoms. The number of carbonyl (C=O) groups excluding carboxylic acids is 4. The van der Waals surface area contributed by atoms with Crippen molar-refractivity contribution in [2.45, 2.75) is 129 Å². The Morgan fingerprint density at radius 2 is 1.29 bits per heavy atom. The highest BCUT2D eigenvalue weighted by atomic mass is 32.2. The van der Waals surface area contributed by atoms with Gasteiger partial charge in [0.2, 0.25) is 5.91 Å². The second-order valence-corrected chi connectivity index (χ2v) is 17.7. The number of amides is 3. The van der Waals surface area contributed by atoms with Crippen LogP contribution in [0, 0.1) is 0 Å². The molecule has 0 bridgehead atoms. The molecular weight excluding hydrogens is 775 g/mol. The van der Waals surface area contributed by atoms with Gasteiger partial charge in [-0.1, -0.05) is 73.5 Å². The Labute approximate surface area is 352 Å². The Kier molecular flexibility index (Phi) is 18.3. The number of hydrogen-bond acceptors (Lipinski definition) is 11. The summed E-state index contributed by atoms with van der Waals surface area (Å²) in [6.45, 7) is 13.0. The predicted molar refractivity (Wildman–Crippen MR) is 228 cm³/mol. The summed E-state index contributed by atoms with van der Waals surface area (Å²) in [5.41, 5.74) is -0.196. The van der Waals surface area contributed by atoms with Crippen LogP contribution in [0.15, 0.2) is 77.7 Å². The molecule has 15 heteroatoms. The first-order valence-electron chi connectivity index (χ1n) is 20.4. The number of anilines is 1. The van der Waals surface area contributed by atoms with E-state index >= 15 is 0 Å². The standard InChI is InChI=1S/C44H61N5O9S/c1-43(2,3)57-41(53)47(29-33-19-11-7-12-20-33)26-17-9-15-23-36(50)45-35-25-28-49(40(52)46-35)37-32-59-39(56-37)31-55-38(51)24-16-10-18-27-48(42(54)58-44(4,5)6)30-34-21-13-8-14-22-34/h7-8,11-14,19-22,25,28,37,39H,9-10,15-18,23-24,26-27,29-32H2,1-6H3,(H,45,46,50,52)/t37-,39+/m1/s1. The quantitative estimate of drug-likeness (QED) is 0.0663. The Morgan fingerprint density at radius 3 is 1.80 bits per heavy atom. The number of nitrogens with zero attached hydrogens (tertiary/aromatic N) is 4. The zero-order valence-corrected chi connectivity index (χ0v) is 36.2. The van der Waals surface area contributed by atoms with Crippen molar-refractivity contribution >= 4 is 41.6 Å².